The van der Waals surface area contributed by atoms with Crippen molar-refractivity contribution in [3.05, 3.63) is 28.0 Å². The Labute approximate surface area is 75.0 Å². The van der Waals surface area contributed by atoms with E-state index in [1.165, 1.54) is 6.07 Å². The predicted molar refractivity (Wildman–Crippen MR) is 45.7 cm³/mol. The molecular weight excluding hydrogens is 178 g/mol. The molecule has 0 unspecified atom stereocenters. The number of carboxylic acid groups (broad SMARTS) is 1. The molecule has 0 bridgehead atoms. The Hall–Kier alpha value is -1.09. The van der Waals surface area contributed by atoms with Crippen LogP contribution in [0, 0.1) is 13.8 Å². The van der Waals surface area contributed by atoms with E-state index in [4.69, 9.17) is 16.7 Å². The number of pyridine rings is 1. The lowest BCUT2D eigenvalue weighted by Crippen LogP contribution is -2.02. The van der Waals surface area contributed by atoms with Crippen molar-refractivity contribution in [2.24, 2.45) is 0 Å². The fourth-order valence-corrected chi connectivity index (χ4v) is 1.07. The van der Waals surface area contributed by atoms with Crippen LogP contribution in [0.1, 0.15) is 21.7 Å². The lowest BCUT2D eigenvalue weighted by molar-refractivity contribution is 0.0695. The number of carbonyl (C=O) groups is 1. The van der Waals surface area contributed by atoms with E-state index in [2.05, 4.69) is 4.98 Å². The first-order valence-electron chi connectivity index (χ1n) is 3.39. The fourth-order valence-electron chi connectivity index (χ4n) is 0.917. The highest BCUT2D eigenvalue weighted by Crippen LogP contribution is 2.16. The van der Waals surface area contributed by atoms with Crippen molar-refractivity contribution in [2.75, 3.05) is 0 Å². The molecule has 0 aliphatic heterocycles. The maximum absolute atomic E-state index is 10.6. The lowest BCUT2D eigenvalue weighted by atomic mass is 10.2. The maximum atomic E-state index is 10.6. The average Bonchev–Trinajstić information content (AvgIpc) is 1.96. The van der Waals surface area contributed by atoms with E-state index in [0.29, 0.717) is 16.4 Å². The van der Waals surface area contributed by atoms with Gasteiger partial charge in [0, 0.05) is 0 Å². The van der Waals surface area contributed by atoms with Gasteiger partial charge in [0.2, 0.25) is 0 Å². The highest BCUT2D eigenvalue weighted by atomic mass is 35.5. The second kappa shape index (κ2) is 3.11. The van der Waals surface area contributed by atoms with E-state index in [-0.39, 0.29) is 5.56 Å². The summed E-state index contributed by atoms with van der Waals surface area (Å²) in [6.45, 7) is 3.38. The summed E-state index contributed by atoms with van der Waals surface area (Å²) in [4.78, 5) is 14.6. The molecule has 64 valence electrons. The molecule has 3 nitrogen and oxygen atoms in total. The molecule has 1 aromatic heterocycles. The SMILES string of the molecule is Cc1nc(C)c(C(=O)O)cc1Cl. The van der Waals surface area contributed by atoms with Gasteiger partial charge in [-0.1, -0.05) is 11.6 Å². The Morgan fingerprint density at radius 1 is 1.50 bits per heavy atom. The molecule has 1 heterocycles. The van der Waals surface area contributed by atoms with Crippen LogP contribution in [-0.4, -0.2) is 16.1 Å². The molecule has 0 saturated heterocycles. The van der Waals surface area contributed by atoms with Gasteiger partial charge >= 0.3 is 5.97 Å². The van der Waals surface area contributed by atoms with Crippen LogP contribution in [0.4, 0.5) is 0 Å². The number of aromatic nitrogens is 1. The van der Waals surface area contributed by atoms with Gasteiger partial charge in [-0.2, -0.15) is 0 Å². The van der Waals surface area contributed by atoms with Crippen LogP contribution < -0.4 is 0 Å². The summed E-state index contributed by atoms with van der Waals surface area (Å²) in [7, 11) is 0. The molecule has 0 saturated carbocycles. The highest BCUT2D eigenvalue weighted by molar-refractivity contribution is 6.31. The molecule has 0 radical (unpaired) electrons. The Kier molecular flexibility index (Phi) is 2.33. The first-order valence-corrected chi connectivity index (χ1v) is 3.77. The third-order valence-electron chi connectivity index (χ3n) is 1.57. The van der Waals surface area contributed by atoms with Crippen molar-refractivity contribution in [3.63, 3.8) is 0 Å². The largest absolute Gasteiger partial charge is 0.478 e. The van der Waals surface area contributed by atoms with Gasteiger partial charge in [0.1, 0.15) is 0 Å². The predicted octanol–water partition coefficient (Wildman–Crippen LogP) is 2.05. The van der Waals surface area contributed by atoms with E-state index in [9.17, 15) is 4.79 Å². The number of nitrogens with zero attached hydrogens (tertiary/aromatic N) is 1. The number of carboxylic acids is 1. The minimum atomic E-state index is -0.998. The van der Waals surface area contributed by atoms with Gasteiger partial charge in [-0.05, 0) is 19.9 Å². The van der Waals surface area contributed by atoms with Crippen LogP contribution in [0.2, 0.25) is 5.02 Å². The zero-order valence-electron chi connectivity index (χ0n) is 6.76. The first kappa shape index (κ1) is 9.00. The minimum Gasteiger partial charge on any atom is -0.478 e. The molecule has 0 spiro atoms. The third kappa shape index (κ3) is 1.56. The molecule has 0 aromatic carbocycles. The van der Waals surface area contributed by atoms with Crippen molar-refractivity contribution in [2.45, 2.75) is 13.8 Å². The zero-order valence-corrected chi connectivity index (χ0v) is 7.51. The average molecular weight is 186 g/mol. The van der Waals surface area contributed by atoms with Gasteiger partial charge in [-0.15, -0.1) is 0 Å². The summed E-state index contributed by atoms with van der Waals surface area (Å²) in [5.74, 6) is -0.998. The smallest absolute Gasteiger partial charge is 0.337 e. The first-order chi connectivity index (χ1) is 5.52. The van der Waals surface area contributed by atoms with E-state index in [0.717, 1.165) is 0 Å². The monoisotopic (exact) mass is 185 g/mol. The molecule has 0 atom stereocenters. The summed E-state index contributed by atoms with van der Waals surface area (Å²) in [5.41, 5.74) is 1.30. The van der Waals surface area contributed by atoms with Gasteiger partial charge in [0.05, 0.1) is 22.0 Å². The molecule has 0 fully saturated rings. The standard InChI is InChI=1S/C8H8ClNO2/c1-4-6(8(11)12)3-7(9)5(2)10-4/h3H,1-2H3,(H,11,12). The Morgan fingerprint density at radius 3 is 2.58 bits per heavy atom. The molecule has 0 aliphatic rings. The number of hydrogen-bond donors (Lipinski definition) is 1. The Bertz CT molecular complexity index is 336. The van der Waals surface area contributed by atoms with Gasteiger partial charge in [0.15, 0.2) is 0 Å². The van der Waals surface area contributed by atoms with Crippen LogP contribution in [0.15, 0.2) is 6.07 Å². The van der Waals surface area contributed by atoms with Crippen molar-refractivity contribution >= 4 is 17.6 Å². The van der Waals surface area contributed by atoms with Crippen molar-refractivity contribution < 1.29 is 9.90 Å². The maximum Gasteiger partial charge on any atom is 0.337 e. The third-order valence-corrected chi connectivity index (χ3v) is 1.95. The summed E-state index contributed by atoms with van der Waals surface area (Å²) in [5, 5.41) is 9.07. The van der Waals surface area contributed by atoms with Gasteiger partial charge in [-0.3, -0.25) is 4.98 Å². The van der Waals surface area contributed by atoms with Crippen molar-refractivity contribution in [1.29, 1.82) is 0 Å². The van der Waals surface area contributed by atoms with Crippen molar-refractivity contribution in [3.8, 4) is 0 Å². The topological polar surface area (TPSA) is 50.2 Å². The molecule has 12 heavy (non-hydrogen) atoms. The van der Waals surface area contributed by atoms with Crippen LogP contribution in [-0.2, 0) is 0 Å². The summed E-state index contributed by atoms with van der Waals surface area (Å²) in [6, 6.07) is 1.42. The Balaban J connectivity index is 3.33. The van der Waals surface area contributed by atoms with E-state index in [1.54, 1.807) is 13.8 Å². The lowest BCUT2D eigenvalue weighted by Gasteiger charge is -2.02. The van der Waals surface area contributed by atoms with Crippen LogP contribution in [0.25, 0.3) is 0 Å². The minimum absolute atomic E-state index is 0.158. The molecule has 1 rings (SSSR count). The normalized spacial score (nSPS) is 9.92. The molecular formula is C8H8ClNO2. The molecule has 1 N–H and O–H groups in total. The highest BCUT2D eigenvalue weighted by Gasteiger charge is 2.10. The summed E-state index contributed by atoms with van der Waals surface area (Å²) in [6.07, 6.45) is 0. The van der Waals surface area contributed by atoms with Gasteiger partial charge in [0.25, 0.3) is 0 Å². The van der Waals surface area contributed by atoms with Gasteiger partial charge in [-0.25, -0.2) is 4.79 Å². The zero-order chi connectivity index (χ0) is 9.30. The van der Waals surface area contributed by atoms with Crippen molar-refractivity contribution in [1.82, 2.24) is 4.98 Å². The molecule has 1 aromatic rings. The number of aryl methyl sites for hydroxylation is 2. The Morgan fingerprint density at radius 2 is 2.08 bits per heavy atom. The molecule has 4 heteroatoms. The number of halogens is 1. The van der Waals surface area contributed by atoms with E-state index >= 15 is 0 Å². The van der Waals surface area contributed by atoms with Crippen LogP contribution >= 0.6 is 11.6 Å². The van der Waals surface area contributed by atoms with E-state index in [1.807, 2.05) is 0 Å². The molecule has 0 amide bonds. The number of hydrogen-bond acceptors (Lipinski definition) is 2. The fraction of sp³-hybridized carbons (Fsp3) is 0.250. The quantitative estimate of drug-likeness (QED) is 0.729. The second-order valence-corrected chi connectivity index (χ2v) is 2.90. The van der Waals surface area contributed by atoms with Gasteiger partial charge < -0.3 is 5.11 Å². The molecule has 0 aliphatic carbocycles. The van der Waals surface area contributed by atoms with Crippen LogP contribution in [0.3, 0.4) is 0 Å². The second-order valence-electron chi connectivity index (χ2n) is 2.49. The summed E-state index contributed by atoms with van der Waals surface area (Å²) < 4.78 is 0. The van der Waals surface area contributed by atoms with E-state index < -0.39 is 5.97 Å². The number of aromatic carboxylic acids is 1. The number of rotatable bonds is 1. The summed E-state index contributed by atoms with van der Waals surface area (Å²) >= 11 is 5.70. The van der Waals surface area contributed by atoms with Crippen LogP contribution in [0.5, 0.6) is 0 Å².